The van der Waals surface area contributed by atoms with Crippen molar-refractivity contribution < 1.29 is 29.0 Å². The monoisotopic (exact) mass is 569 g/mol. The van der Waals surface area contributed by atoms with Crippen molar-refractivity contribution in [1.29, 1.82) is 0 Å². The molecule has 0 radical (unpaired) electrons. The predicted molar refractivity (Wildman–Crippen MR) is 159 cm³/mol. The van der Waals surface area contributed by atoms with Gasteiger partial charge >= 0.3 is 0 Å². The Morgan fingerprint density at radius 3 is 2.25 bits per heavy atom. The summed E-state index contributed by atoms with van der Waals surface area (Å²) < 4.78 is 16.9. The number of anilines is 2. The molecule has 214 valence electrons. The molecule has 10 nitrogen and oxygen atoms in total. The average molecular weight is 570 g/mol. The summed E-state index contributed by atoms with van der Waals surface area (Å²) in [6.45, 7) is 7.62. The molecule has 3 aromatic rings. The van der Waals surface area contributed by atoms with E-state index in [0.717, 1.165) is 5.69 Å². The van der Waals surface area contributed by atoms with Gasteiger partial charge in [0.2, 0.25) is 0 Å². The first-order chi connectivity index (χ1) is 18.8. The lowest BCUT2D eigenvalue weighted by Crippen LogP contribution is -2.52. The molecule has 0 fully saturated rings. The molecule has 0 aliphatic carbocycles. The Morgan fingerprint density at radius 1 is 1.02 bits per heavy atom. The van der Waals surface area contributed by atoms with E-state index in [2.05, 4.69) is 17.9 Å². The summed E-state index contributed by atoms with van der Waals surface area (Å²) >= 11 is 3.97. The highest BCUT2D eigenvalue weighted by atomic mass is 32.1. The number of carbonyl (C=O) groups excluding carboxylic acids is 1. The van der Waals surface area contributed by atoms with Crippen LogP contribution in [0, 0.1) is 10.1 Å². The van der Waals surface area contributed by atoms with Gasteiger partial charge in [-0.15, -0.1) is 0 Å². The Labute approximate surface area is 239 Å². The number of carbonyl (C=O) groups is 1. The highest BCUT2D eigenvalue weighted by Crippen LogP contribution is 2.45. The van der Waals surface area contributed by atoms with Crippen LogP contribution in [0.1, 0.15) is 33.3 Å². The minimum atomic E-state index is -0.819. The molecule has 1 aliphatic rings. The molecular weight excluding hydrogens is 534 g/mol. The fourth-order valence-electron chi connectivity index (χ4n) is 4.37. The van der Waals surface area contributed by atoms with Crippen LogP contribution in [0.25, 0.3) is 11.1 Å². The maximum atomic E-state index is 13.1. The van der Waals surface area contributed by atoms with Gasteiger partial charge in [-0.05, 0) is 48.9 Å². The molecule has 0 saturated carbocycles. The number of phenolic OH excluding ortho intramolecular Hbond substituents is 1. The first-order valence-corrected chi connectivity index (χ1v) is 13.0. The van der Waals surface area contributed by atoms with Crippen LogP contribution >= 0.6 is 12.6 Å². The van der Waals surface area contributed by atoms with Gasteiger partial charge in [-0.25, -0.2) is 0 Å². The van der Waals surface area contributed by atoms with Gasteiger partial charge in [-0.3, -0.25) is 14.9 Å². The van der Waals surface area contributed by atoms with Gasteiger partial charge < -0.3 is 29.5 Å². The topological polar surface area (TPSA) is 123 Å². The number of nitrogens with zero attached hydrogens (tertiary/aromatic N) is 2. The van der Waals surface area contributed by atoms with Crippen LogP contribution in [0.5, 0.6) is 23.0 Å². The van der Waals surface area contributed by atoms with Gasteiger partial charge in [0.05, 0.1) is 36.6 Å². The number of methoxy groups -OCH3 is 2. The van der Waals surface area contributed by atoms with Crippen molar-refractivity contribution in [3.63, 3.8) is 0 Å². The number of nitrogens with one attached hydrogen (secondary N) is 1. The summed E-state index contributed by atoms with van der Waals surface area (Å²) in [4.78, 5) is 25.5. The number of nitro benzene ring substituents is 1. The van der Waals surface area contributed by atoms with Gasteiger partial charge in [-0.2, -0.15) is 12.6 Å². The maximum absolute atomic E-state index is 13.1. The standard InChI is InChI=1S/C26H27N3O7.C3H8S/c1-26(2)25(31)28(3)24-19(14-36-23-12-15(29(32)33)6-11-21(23)34-4)17(9-10-20(24)27-26)18-8-7-16(30)13-22(18)35-5;1-3(2)4/h6-13,27,30H,14H2,1-5H3;3-4H,1-2H3. The lowest BCUT2D eigenvalue weighted by Gasteiger charge is -2.39. The summed E-state index contributed by atoms with van der Waals surface area (Å²) in [5.41, 5.74) is 2.40. The number of phenols is 1. The van der Waals surface area contributed by atoms with Gasteiger partial charge in [0.1, 0.15) is 23.6 Å². The van der Waals surface area contributed by atoms with E-state index in [0.29, 0.717) is 39.1 Å². The molecule has 2 N–H and O–H groups in total. The van der Waals surface area contributed by atoms with Gasteiger partial charge in [0, 0.05) is 30.3 Å². The van der Waals surface area contributed by atoms with Crippen molar-refractivity contribution in [1.82, 2.24) is 0 Å². The molecule has 0 spiro atoms. The zero-order valence-corrected chi connectivity index (χ0v) is 24.5. The van der Waals surface area contributed by atoms with Gasteiger partial charge in [0.15, 0.2) is 11.5 Å². The van der Waals surface area contributed by atoms with Crippen LogP contribution in [0.2, 0.25) is 0 Å². The van der Waals surface area contributed by atoms with E-state index in [1.165, 1.54) is 38.5 Å². The summed E-state index contributed by atoms with van der Waals surface area (Å²) in [5, 5.41) is 25.1. The van der Waals surface area contributed by atoms with Crippen LogP contribution in [0.15, 0.2) is 48.5 Å². The van der Waals surface area contributed by atoms with E-state index in [9.17, 15) is 20.0 Å². The van der Waals surface area contributed by atoms with E-state index in [-0.39, 0.29) is 29.7 Å². The van der Waals surface area contributed by atoms with Crippen molar-refractivity contribution >= 4 is 35.6 Å². The number of aromatic hydroxyl groups is 1. The summed E-state index contributed by atoms with van der Waals surface area (Å²) in [7, 11) is 4.64. The van der Waals surface area contributed by atoms with Crippen molar-refractivity contribution in [3.8, 4) is 34.1 Å². The van der Waals surface area contributed by atoms with E-state index >= 15 is 0 Å². The number of hydrogen-bond donors (Lipinski definition) is 3. The number of ether oxygens (including phenoxy) is 3. The molecule has 0 atom stereocenters. The quantitative estimate of drug-likeness (QED) is 0.178. The molecule has 3 aromatic carbocycles. The minimum Gasteiger partial charge on any atom is -0.508 e. The molecule has 1 heterocycles. The normalized spacial score (nSPS) is 13.5. The number of likely N-dealkylation sites (N-methyl/N-ethyl adjacent to an activating group) is 1. The third-order valence-corrected chi connectivity index (χ3v) is 6.11. The number of hydrogen-bond acceptors (Lipinski definition) is 9. The third-order valence-electron chi connectivity index (χ3n) is 6.11. The number of amides is 1. The molecule has 0 aromatic heterocycles. The Morgan fingerprint density at radius 2 is 1.65 bits per heavy atom. The summed E-state index contributed by atoms with van der Waals surface area (Å²) in [6, 6.07) is 12.6. The second kappa shape index (κ2) is 12.4. The van der Waals surface area contributed by atoms with Crippen LogP contribution < -0.4 is 24.4 Å². The van der Waals surface area contributed by atoms with Crippen LogP contribution in [0.4, 0.5) is 17.1 Å². The van der Waals surface area contributed by atoms with Crippen molar-refractivity contribution in [2.24, 2.45) is 0 Å². The van der Waals surface area contributed by atoms with Gasteiger partial charge in [0.25, 0.3) is 11.6 Å². The number of rotatable bonds is 7. The number of nitro groups is 1. The molecular formula is C29H35N3O7S. The highest BCUT2D eigenvalue weighted by Gasteiger charge is 2.38. The Hall–Kier alpha value is -4.12. The van der Waals surface area contributed by atoms with Crippen LogP contribution in [-0.2, 0) is 11.4 Å². The first kappa shape index (κ1) is 30.4. The zero-order valence-electron chi connectivity index (χ0n) is 23.6. The van der Waals surface area contributed by atoms with E-state index in [1.807, 2.05) is 26.0 Å². The minimum absolute atomic E-state index is 0.0419. The van der Waals surface area contributed by atoms with Crippen LogP contribution in [-0.4, -0.2) is 48.0 Å². The fourth-order valence-corrected chi connectivity index (χ4v) is 4.37. The van der Waals surface area contributed by atoms with Crippen molar-refractivity contribution in [3.05, 3.63) is 64.2 Å². The maximum Gasteiger partial charge on any atom is 0.273 e. The predicted octanol–water partition coefficient (Wildman–Crippen LogP) is 6.06. The molecule has 4 rings (SSSR count). The van der Waals surface area contributed by atoms with Crippen molar-refractivity contribution in [2.45, 2.75) is 45.1 Å². The Kier molecular flexibility index (Phi) is 9.41. The second-order valence-corrected chi connectivity index (χ2v) is 11.0. The number of thiol groups is 1. The Bertz CT molecular complexity index is 1410. The average Bonchev–Trinajstić information content (AvgIpc) is 2.89. The molecule has 0 saturated heterocycles. The molecule has 0 bridgehead atoms. The molecule has 0 unspecified atom stereocenters. The number of fused-ring (bicyclic) bond motifs is 1. The summed E-state index contributed by atoms with van der Waals surface area (Å²) in [5.74, 6) is 0.855. The SMILES string of the molecule is CC(C)S.COc1ccc([N+](=O)[O-])cc1OCc1c(-c2ccc(O)cc2OC)ccc2c1N(C)C(=O)C(C)(C)N2. The molecule has 11 heteroatoms. The zero-order chi connectivity index (χ0) is 29.8. The smallest absolute Gasteiger partial charge is 0.273 e. The highest BCUT2D eigenvalue weighted by molar-refractivity contribution is 7.80. The summed E-state index contributed by atoms with van der Waals surface area (Å²) in [6.07, 6.45) is 0. The number of non-ortho nitro benzene ring substituents is 1. The van der Waals surface area contributed by atoms with Crippen LogP contribution in [0.3, 0.4) is 0 Å². The molecule has 40 heavy (non-hydrogen) atoms. The lowest BCUT2D eigenvalue weighted by molar-refractivity contribution is -0.385. The van der Waals surface area contributed by atoms with E-state index in [1.54, 1.807) is 37.9 Å². The second-order valence-electron chi connectivity index (χ2n) is 9.96. The van der Waals surface area contributed by atoms with E-state index in [4.69, 9.17) is 14.2 Å². The lowest BCUT2D eigenvalue weighted by atomic mass is 9.91. The van der Waals surface area contributed by atoms with Gasteiger partial charge in [-0.1, -0.05) is 19.9 Å². The number of benzene rings is 3. The molecule has 1 aliphatic heterocycles. The molecule has 1 amide bonds. The largest absolute Gasteiger partial charge is 0.508 e. The third kappa shape index (κ3) is 6.53. The van der Waals surface area contributed by atoms with E-state index < -0.39 is 10.5 Å². The van der Waals surface area contributed by atoms with Crippen molar-refractivity contribution in [2.75, 3.05) is 31.5 Å². The first-order valence-electron chi connectivity index (χ1n) is 12.5. The Balaban J connectivity index is 0.00000103. The fraction of sp³-hybridized carbons (Fsp3) is 0.345.